The molecule has 3 heteroatoms. The summed E-state index contributed by atoms with van der Waals surface area (Å²) in [6, 6.07) is 5.98. The maximum Gasteiger partial charge on any atom is 0.237 e. The molecular formula is C17H19NO2. The molecule has 3 fully saturated rings. The topological polar surface area (TPSA) is 37.4 Å². The van der Waals surface area contributed by atoms with Crippen LogP contribution in [-0.2, 0) is 9.59 Å². The molecule has 4 atom stereocenters. The van der Waals surface area contributed by atoms with Gasteiger partial charge in [0.1, 0.15) is 0 Å². The van der Waals surface area contributed by atoms with Gasteiger partial charge in [-0.1, -0.05) is 12.1 Å². The standard InChI is InChI=1S/C17H19NO2/c1-9-3-4-10(2)13(7-9)18-16(19)14-11-5-6-12(8-11)15(14)17(18)20/h3-4,7,11-12,14-15H,5-6,8H2,1-2H3/t11-,12+,14-,15-/m0/s1. The summed E-state index contributed by atoms with van der Waals surface area (Å²) in [7, 11) is 0. The average molecular weight is 269 g/mol. The van der Waals surface area contributed by atoms with Gasteiger partial charge < -0.3 is 0 Å². The first-order chi connectivity index (χ1) is 9.58. The van der Waals surface area contributed by atoms with Crippen LogP contribution in [-0.4, -0.2) is 11.8 Å². The Morgan fingerprint density at radius 3 is 2.20 bits per heavy atom. The van der Waals surface area contributed by atoms with Gasteiger partial charge in [0.2, 0.25) is 11.8 Å². The van der Waals surface area contributed by atoms with Crippen molar-refractivity contribution >= 4 is 17.5 Å². The monoisotopic (exact) mass is 269 g/mol. The fourth-order valence-corrected chi connectivity index (χ4v) is 4.61. The van der Waals surface area contributed by atoms with Gasteiger partial charge in [-0.25, -0.2) is 4.90 Å². The van der Waals surface area contributed by atoms with Crippen molar-refractivity contribution in [1.82, 2.24) is 0 Å². The van der Waals surface area contributed by atoms with E-state index in [0.29, 0.717) is 11.8 Å². The van der Waals surface area contributed by atoms with E-state index in [2.05, 4.69) is 0 Å². The normalized spacial score (nSPS) is 35.0. The van der Waals surface area contributed by atoms with Crippen molar-refractivity contribution in [3.63, 3.8) is 0 Å². The zero-order chi connectivity index (χ0) is 14.0. The van der Waals surface area contributed by atoms with E-state index >= 15 is 0 Å². The molecule has 1 aromatic carbocycles. The zero-order valence-electron chi connectivity index (χ0n) is 11.9. The minimum Gasteiger partial charge on any atom is -0.274 e. The van der Waals surface area contributed by atoms with Crippen molar-refractivity contribution < 1.29 is 9.59 Å². The van der Waals surface area contributed by atoms with E-state index in [4.69, 9.17) is 0 Å². The fourth-order valence-electron chi connectivity index (χ4n) is 4.61. The number of carbonyl (C=O) groups excluding carboxylic acids is 2. The first-order valence-electron chi connectivity index (χ1n) is 7.53. The lowest BCUT2D eigenvalue weighted by Crippen LogP contribution is -2.33. The Hall–Kier alpha value is -1.64. The van der Waals surface area contributed by atoms with E-state index in [1.165, 1.54) is 4.90 Å². The summed E-state index contributed by atoms with van der Waals surface area (Å²) in [5.74, 6) is 0.970. The highest BCUT2D eigenvalue weighted by Gasteiger charge is 2.61. The first-order valence-corrected chi connectivity index (χ1v) is 7.53. The van der Waals surface area contributed by atoms with Crippen LogP contribution in [0.4, 0.5) is 5.69 Å². The predicted molar refractivity (Wildman–Crippen MR) is 76.2 cm³/mol. The van der Waals surface area contributed by atoms with Gasteiger partial charge in [-0.15, -0.1) is 0 Å². The molecule has 3 nitrogen and oxygen atoms in total. The summed E-state index contributed by atoms with van der Waals surface area (Å²) >= 11 is 0. The van der Waals surface area contributed by atoms with Crippen LogP contribution >= 0.6 is 0 Å². The number of hydrogen-bond acceptors (Lipinski definition) is 2. The van der Waals surface area contributed by atoms with E-state index in [-0.39, 0.29) is 23.7 Å². The lowest BCUT2D eigenvalue weighted by atomic mass is 9.81. The minimum atomic E-state index is -0.0267. The molecule has 0 unspecified atom stereocenters. The number of aryl methyl sites for hydroxylation is 2. The van der Waals surface area contributed by atoms with Crippen LogP contribution in [0.5, 0.6) is 0 Å². The number of carbonyl (C=O) groups is 2. The Kier molecular flexibility index (Phi) is 2.39. The van der Waals surface area contributed by atoms with E-state index in [0.717, 1.165) is 36.1 Å². The number of amides is 2. The predicted octanol–water partition coefficient (Wildman–Crippen LogP) is 2.84. The van der Waals surface area contributed by atoms with Crippen LogP contribution < -0.4 is 4.90 Å². The number of imide groups is 1. The number of fused-ring (bicyclic) bond motifs is 5. The number of rotatable bonds is 1. The Morgan fingerprint density at radius 1 is 1.00 bits per heavy atom. The highest BCUT2D eigenvalue weighted by Crippen LogP contribution is 2.56. The van der Waals surface area contributed by atoms with Gasteiger partial charge in [-0.05, 0) is 62.1 Å². The van der Waals surface area contributed by atoms with E-state index in [9.17, 15) is 9.59 Å². The van der Waals surface area contributed by atoms with Crippen molar-refractivity contribution in [1.29, 1.82) is 0 Å². The zero-order valence-corrected chi connectivity index (χ0v) is 11.9. The Bertz CT molecular complexity index is 593. The number of benzene rings is 1. The maximum absolute atomic E-state index is 12.8. The molecule has 1 heterocycles. The van der Waals surface area contributed by atoms with E-state index < -0.39 is 0 Å². The molecule has 4 rings (SSSR count). The SMILES string of the molecule is Cc1ccc(C)c(N2C(=O)[C@H]3[C@@H]4CC[C@@H](C4)[C@@H]3C2=O)c1. The van der Waals surface area contributed by atoms with E-state index in [1.54, 1.807) is 0 Å². The lowest BCUT2D eigenvalue weighted by molar-refractivity contribution is -0.123. The highest BCUT2D eigenvalue weighted by atomic mass is 16.2. The van der Waals surface area contributed by atoms with Gasteiger partial charge >= 0.3 is 0 Å². The summed E-state index contributed by atoms with van der Waals surface area (Å²) in [5, 5.41) is 0. The third-order valence-corrected chi connectivity index (χ3v) is 5.53. The number of nitrogens with zero attached hydrogens (tertiary/aromatic N) is 1. The quantitative estimate of drug-likeness (QED) is 0.735. The first kappa shape index (κ1) is 12.1. The van der Waals surface area contributed by atoms with Crippen LogP contribution in [0.1, 0.15) is 30.4 Å². The molecule has 0 aromatic heterocycles. The third kappa shape index (κ3) is 1.41. The van der Waals surface area contributed by atoms with Crippen LogP contribution in [0.3, 0.4) is 0 Å². The van der Waals surface area contributed by atoms with Crippen molar-refractivity contribution in [3.05, 3.63) is 29.3 Å². The molecule has 0 spiro atoms. The van der Waals surface area contributed by atoms with Crippen molar-refractivity contribution in [2.45, 2.75) is 33.1 Å². The van der Waals surface area contributed by atoms with Crippen molar-refractivity contribution in [3.8, 4) is 0 Å². The van der Waals surface area contributed by atoms with Crippen LogP contribution in [0.2, 0.25) is 0 Å². The second-order valence-electron chi connectivity index (χ2n) is 6.69. The van der Waals surface area contributed by atoms with Crippen molar-refractivity contribution in [2.75, 3.05) is 4.90 Å². The molecule has 1 aromatic rings. The van der Waals surface area contributed by atoms with Gasteiger partial charge in [0.25, 0.3) is 0 Å². The van der Waals surface area contributed by atoms with Crippen LogP contribution in [0.15, 0.2) is 18.2 Å². The third-order valence-electron chi connectivity index (χ3n) is 5.53. The lowest BCUT2D eigenvalue weighted by Gasteiger charge is -2.19. The largest absolute Gasteiger partial charge is 0.274 e. The van der Waals surface area contributed by atoms with Gasteiger partial charge in [-0.3, -0.25) is 9.59 Å². The summed E-state index contributed by atoms with van der Waals surface area (Å²) in [6.07, 6.45) is 3.35. The molecule has 2 bridgehead atoms. The molecule has 20 heavy (non-hydrogen) atoms. The second kappa shape index (κ2) is 3.94. The molecule has 0 N–H and O–H groups in total. The molecule has 2 aliphatic carbocycles. The van der Waals surface area contributed by atoms with Gasteiger partial charge in [0, 0.05) is 0 Å². The Morgan fingerprint density at radius 2 is 1.60 bits per heavy atom. The van der Waals surface area contributed by atoms with Crippen LogP contribution in [0.25, 0.3) is 0 Å². The smallest absolute Gasteiger partial charge is 0.237 e. The molecule has 3 aliphatic rings. The molecule has 104 valence electrons. The number of hydrogen-bond donors (Lipinski definition) is 0. The molecule has 2 saturated carbocycles. The average Bonchev–Trinajstić information content (AvgIpc) is 3.08. The van der Waals surface area contributed by atoms with E-state index in [1.807, 2.05) is 32.0 Å². The summed E-state index contributed by atoms with van der Waals surface area (Å²) < 4.78 is 0. The molecule has 0 radical (unpaired) electrons. The summed E-state index contributed by atoms with van der Waals surface area (Å²) in [6.45, 7) is 3.97. The van der Waals surface area contributed by atoms with Gasteiger partial charge in [-0.2, -0.15) is 0 Å². The molecule has 1 aliphatic heterocycles. The van der Waals surface area contributed by atoms with Gasteiger partial charge in [0.05, 0.1) is 17.5 Å². The number of anilines is 1. The maximum atomic E-state index is 12.8. The molecule has 1 saturated heterocycles. The molecular weight excluding hydrogens is 250 g/mol. The summed E-state index contributed by atoms with van der Waals surface area (Å²) in [5.41, 5.74) is 2.89. The highest BCUT2D eigenvalue weighted by molar-refractivity contribution is 6.23. The summed E-state index contributed by atoms with van der Waals surface area (Å²) in [4.78, 5) is 27.0. The fraction of sp³-hybridized carbons (Fsp3) is 0.529. The van der Waals surface area contributed by atoms with Crippen molar-refractivity contribution in [2.24, 2.45) is 23.7 Å². The Balaban J connectivity index is 1.79. The van der Waals surface area contributed by atoms with Crippen LogP contribution in [0, 0.1) is 37.5 Å². The minimum absolute atomic E-state index is 0.0267. The van der Waals surface area contributed by atoms with Gasteiger partial charge in [0.15, 0.2) is 0 Å². The Labute approximate surface area is 119 Å². The molecule has 2 amide bonds. The second-order valence-corrected chi connectivity index (χ2v) is 6.69.